The molecule has 0 spiro atoms. The van der Waals surface area contributed by atoms with Crippen molar-refractivity contribution < 1.29 is 4.52 Å². The van der Waals surface area contributed by atoms with E-state index in [4.69, 9.17) is 4.52 Å². The fraction of sp³-hybridized carbons (Fsp3) is 1.00. The van der Waals surface area contributed by atoms with Gasteiger partial charge >= 0.3 is 0 Å². The van der Waals surface area contributed by atoms with Gasteiger partial charge in [0.1, 0.15) is 0 Å². The van der Waals surface area contributed by atoms with E-state index in [1.54, 1.807) is 0 Å². The Bertz CT molecular complexity index is 15.1. The minimum atomic E-state index is 0.574. The van der Waals surface area contributed by atoms with Crippen LogP contribution in [0.2, 0.25) is 0 Å². The van der Waals surface area contributed by atoms with Crippen LogP contribution >= 0.6 is 17.4 Å². The average Bonchev–Trinajstić information content (AvgIpc) is 1.41. The van der Waals surface area contributed by atoms with Gasteiger partial charge in [-0.05, 0) is 6.92 Å². The molecule has 0 aliphatic carbocycles. The van der Waals surface area contributed by atoms with Gasteiger partial charge in [0.2, 0.25) is 0 Å². The maximum absolute atomic E-state index is 4.82. The molecular formula is C2H8OP2. The molecule has 0 aromatic rings. The van der Waals surface area contributed by atoms with Crippen molar-refractivity contribution in [3.63, 3.8) is 0 Å². The van der Waals surface area contributed by atoms with Crippen molar-refractivity contribution in [1.29, 1.82) is 0 Å². The summed E-state index contributed by atoms with van der Waals surface area (Å²) >= 11 is 0. The second-order valence-electron chi connectivity index (χ2n) is 0.551. The normalized spacial score (nSPS) is 10.8. The molecule has 0 saturated heterocycles. The van der Waals surface area contributed by atoms with Crippen molar-refractivity contribution in [2.75, 3.05) is 6.61 Å². The molecule has 0 N–H and O–H groups in total. The van der Waals surface area contributed by atoms with Gasteiger partial charge in [0.15, 0.2) is 0 Å². The van der Waals surface area contributed by atoms with Crippen LogP contribution in [0.5, 0.6) is 0 Å². The third-order valence-corrected chi connectivity index (χ3v) is 1.18. The van der Waals surface area contributed by atoms with Crippen molar-refractivity contribution >= 4 is 17.4 Å². The SMILES string of the molecule is CCOPP. The third-order valence-electron chi connectivity index (χ3n) is 0.228. The lowest BCUT2D eigenvalue weighted by Crippen LogP contribution is -1.65. The zero-order valence-electron chi connectivity index (χ0n) is 3.19. The van der Waals surface area contributed by atoms with Crippen molar-refractivity contribution in [2.24, 2.45) is 0 Å². The smallest absolute Gasteiger partial charge is 0.0481 e. The van der Waals surface area contributed by atoms with Gasteiger partial charge in [-0.15, -0.1) is 0 Å². The van der Waals surface area contributed by atoms with Crippen molar-refractivity contribution in [1.82, 2.24) is 0 Å². The highest BCUT2D eigenvalue weighted by Gasteiger charge is 1.64. The van der Waals surface area contributed by atoms with Crippen LogP contribution in [0, 0.1) is 0 Å². The van der Waals surface area contributed by atoms with Gasteiger partial charge in [-0.3, -0.25) is 0 Å². The lowest BCUT2D eigenvalue weighted by molar-refractivity contribution is 0.397. The highest BCUT2D eigenvalue weighted by Crippen LogP contribution is 2.19. The van der Waals surface area contributed by atoms with E-state index < -0.39 is 0 Å². The molecule has 0 aromatic heterocycles. The Hall–Kier alpha value is 0.820. The first-order valence-electron chi connectivity index (χ1n) is 1.49. The molecule has 2 unspecified atom stereocenters. The van der Waals surface area contributed by atoms with Crippen LogP contribution in [0.25, 0.3) is 0 Å². The summed E-state index contributed by atoms with van der Waals surface area (Å²) in [6.45, 7) is 2.82. The first-order valence-corrected chi connectivity index (χ1v) is 4.21. The molecule has 0 heterocycles. The van der Waals surface area contributed by atoms with Gasteiger partial charge in [0, 0.05) is 15.1 Å². The summed E-state index contributed by atoms with van der Waals surface area (Å²) in [6, 6.07) is 0. The third kappa shape index (κ3) is 4.82. The highest BCUT2D eigenvalue weighted by molar-refractivity contribution is 8.00. The van der Waals surface area contributed by atoms with E-state index in [1.165, 1.54) is 0 Å². The van der Waals surface area contributed by atoms with Crippen molar-refractivity contribution in [3.05, 3.63) is 0 Å². The predicted molar refractivity (Wildman–Crippen MR) is 29.7 cm³/mol. The fourth-order valence-electron chi connectivity index (χ4n) is 0.0833. The summed E-state index contributed by atoms with van der Waals surface area (Å²) in [5.74, 6) is 0. The Kier molecular flexibility index (Phi) is 5.61. The van der Waals surface area contributed by atoms with E-state index >= 15 is 0 Å². The largest absolute Gasteiger partial charge is 0.359 e. The van der Waals surface area contributed by atoms with E-state index in [2.05, 4.69) is 8.93 Å². The lowest BCUT2D eigenvalue weighted by atomic mass is 10.9. The highest BCUT2D eigenvalue weighted by atomic mass is 32.0. The lowest BCUT2D eigenvalue weighted by Gasteiger charge is -1.85. The molecule has 0 rings (SSSR count). The molecule has 5 heavy (non-hydrogen) atoms. The summed E-state index contributed by atoms with van der Waals surface area (Å²) in [7, 11) is 3.08. The minimum Gasteiger partial charge on any atom is -0.359 e. The van der Waals surface area contributed by atoms with Crippen LogP contribution in [-0.4, -0.2) is 6.61 Å². The molecule has 0 aromatic carbocycles. The fourth-order valence-corrected chi connectivity index (χ4v) is 0.750. The molecule has 0 amide bonds. The minimum absolute atomic E-state index is 0.574. The van der Waals surface area contributed by atoms with E-state index in [0.29, 0.717) is 8.50 Å². The second-order valence-corrected chi connectivity index (χ2v) is 1.78. The summed E-state index contributed by atoms with van der Waals surface area (Å²) in [6.07, 6.45) is 0. The van der Waals surface area contributed by atoms with Crippen LogP contribution in [0.4, 0.5) is 0 Å². The maximum atomic E-state index is 4.82. The predicted octanol–water partition coefficient (Wildman–Crippen LogP) is 1.41. The van der Waals surface area contributed by atoms with Crippen LogP contribution in [0.1, 0.15) is 6.92 Å². The quantitative estimate of drug-likeness (QED) is 0.488. The molecule has 0 saturated carbocycles. The van der Waals surface area contributed by atoms with Crippen LogP contribution in [-0.2, 0) is 4.52 Å². The number of rotatable bonds is 2. The molecule has 0 aliphatic rings. The van der Waals surface area contributed by atoms with Crippen molar-refractivity contribution in [3.8, 4) is 0 Å². The monoisotopic (exact) mass is 110 g/mol. The molecule has 0 aliphatic heterocycles. The maximum Gasteiger partial charge on any atom is 0.0481 e. The van der Waals surface area contributed by atoms with Crippen LogP contribution in [0.15, 0.2) is 0 Å². The summed E-state index contributed by atoms with van der Waals surface area (Å²) in [5.41, 5.74) is 0. The molecule has 1 nitrogen and oxygen atoms in total. The molecule has 3 heteroatoms. The van der Waals surface area contributed by atoms with Gasteiger partial charge in [-0.25, -0.2) is 0 Å². The Morgan fingerprint density at radius 3 is 2.60 bits per heavy atom. The Balaban J connectivity index is 2.19. The average molecular weight is 110 g/mol. The Morgan fingerprint density at radius 2 is 2.60 bits per heavy atom. The first kappa shape index (κ1) is 5.82. The first-order chi connectivity index (χ1) is 2.41. The van der Waals surface area contributed by atoms with E-state index in [1.807, 2.05) is 6.92 Å². The van der Waals surface area contributed by atoms with Gasteiger partial charge in [0.25, 0.3) is 0 Å². The molecular weight excluding hydrogens is 102 g/mol. The standard InChI is InChI=1S/C2H8OP2/c1-2-3-5-4/h5H,2,4H2,1H3. The second kappa shape index (κ2) is 4.82. The van der Waals surface area contributed by atoms with Gasteiger partial charge in [0.05, 0.1) is 0 Å². The Labute approximate surface area is 36.4 Å². The van der Waals surface area contributed by atoms with E-state index in [0.717, 1.165) is 6.61 Å². The topological polar surface area (TPSA) is 9.23 Å². The van der Waals surface area contributed by atoms with Crippen LogP contribution in [0.3, 0.4) is 0 Å². The molecule has 32 valence electrons. The number of hydrogen-bond donors (Lipinski definition) is 0. The van der Waals surface area contributed by atoms with Gasteiger partial charge in [-0.1, -0.05) is 8.93 Å². The summed E-state index contributed by atoms with van der Waals surface area (Å²) in [4.78, 5) is 0. The van der Waals surface area contributed by atoms with Crippen molar-refractivity contribution in [2.45, 2.75) is 6.92 Å². The molecule has 0 bridgehead atoms. The van der Waals surface area contributed by atoms with Crippen LogP contribution < -0.4 is 0 Å². The Morgan fingerprint density at radius 1 is 2.00 bits per heavy atom. The summed E-state index contributed by atoms with van der Waals surface area (Å²) in [5, 5.41) is 0. The zero-order chi connectivity index (χ0) is 4.12. The molecule has 2 atom stereocenters. The van der Waals surface area contributed by atoms with E-state index in [9.17, 15) is 0 Å². The van der Waals surface area contributed by atoms with E-state index in [-0.39, 0.29) is 0 Å². The van der Waals surface area contributed by atoms with Gasteiger partial charge < -0.3 is 4.52 Å². The number of hydrogen-bond acceptors (Lipinski definition) is 1. The zero-order valence-corrected chi connectivity index (χ0v) is 5.35. The molecule has 0 fully saturated rings. The molecule has 0 radical (unpaired) electrons. The summed E-state index contributed by atoms with van der Waals surface area (Å²) < 4.78 is 4.82. The van der Waals surface area contributed by atoms with Gasteiger partial charge in [-0.2, -0.15) is 0 Å².